The molecule has 0 aromatic rings. The lowest BCUT2D eigenvalue weighted by Gasteiger charge is -2.36. The zero-order valence-corrected chi connectivity index (χ0v) is 10.6. The van der Waals surface area contributed by atoms with E-state index in [1.54, 1.807) is 13.8 Å². The highest BCUT2D eigenvalue weighted by molar-refractivity contribution is 7.90. The van der Waals surface area contributed by atoms with Crippen LogP contribution in [-0.2, 0) is 10.1 Å². The molecule has 0 saturated heterocycles. The third kappa shape index (κ3) is 2.01. The second-order valence-electron chi connectivity index (χ2n) is 4.79. The fourth-order valence-corrected chi connectivity index (χ4v) is 3.11. The van der Waals surface area contributed by atoms with Crippen LogP contribution in [0.3, 0.4) is 0 Å². The van der Waals surface area contributed by atoms with Crippen LogP contribution in [-0.4, -0.2) is 13.0 Å². The van der Waals surface area contributed by atoms with Gasteiger partial charge in [0.1, 0.15) is 0 Å². The molecule has 4 heteroatoms. The van der Waals surface area contributed by atoms with Gasteiger partial charge >= 0.3 is 0 Å². The summed E-state index contributed by atoms with van der Waals surface area (Å²) in [6, 6.07) is 0. The van der Waals surface area contributed by atoms with Gasteiger partial charge in [-0.05, 0) is 36.3 Å². The molecule has 1 rings (SSSR count). The van der Waals surface area contributed by atoms with E-state index in [1.165, 1.54) is 0 Å². The van der Waals surface area contributed by atoms with Crippen LogP contribution in [0, 0.1) is 11.3 Å². The smallest absolute Gasteiger partial charge is 0.282 e. The van der Waals surface area contributed by atoms with Crippen LogP contribution in [0.2, 0.25) is 0 Å². The zero-order valence-electron chi connectivity index (χ0n) is 9.83. The van der Waals surface area contributed by atoms with E-state index in [1.807, 2.05) is 26.8 Å². The molecule has 0 bridgehead atoms. The fraction of sp³-hybridized carbons (Fsp3) is 0.636. The van der Waals surface area contributed by atoms with Gasteiger partial charge in [0.05, 0.1) is 4.91 Å². The van der Waals surface area contributed by atoms with Gasteiger partial charge in [0, 0.05) is 0 Å². The molecular formula is C11H18O3S. The van der Waals surface area contributed by atoms with Crippen molar-refractivity contribution in [3.05, 3.63) is 22.1 Å². The number of allylic oxidation sites excluding steroid dienone is 3. The standard InChI is InChI=1S/C11H18O3S/c1-7-6-8(2)11(4,5)9(3)10(7)15(12,13)14/h6,8H,1-5H3,(H,12,13,14). The number of rotatable bonds is 1. The molecule has 0 aromatic carbocycles. The van der Waals surface area contributed by atoms with E-state index in [9.17, 15) is 13.0 Å². The van der Waals surface area contributed by atoms with Crippen LogP contribution >= 0.6 is 0 Å². The molecular weight excluding hydrogens is 212 g/mol. The van der Waals surface area contributed by atoms with Crippen molar-refractivity contribution >= 4 is 10.1 Å². The third-order valence-corrected chi connectivity index (χ3v) is 4.71. The van der Waals surface area contributed by atoms with Gasteiger partial charge in [-0.15, -0.1) is 0 Å². The molecule has 0 amide bonds. The summed E-state index contributed by atoms with van der Waals surface area (Å²) in [7, 11) is -4.11. The highest BCUT2D eigenvalue weighted by atomic mass is 32.2. The fourth-order valence-electron chi connectivity index (χ4n) is 1.99. The Labute approximate surface area is 91.6 Å². The molecule has 0 saturated carbocycles. The number of hydrogen-bond donors (Lipinski definition) is 1. The molecule has 1 aliphatic rings. The van der Waals surface area contributed by atoms with Crippen molar-refractivity contribution in [1.29, 1.82) is 0 Å². The Morgan fingerprint density at radius 1 is 1.33 bits per heavy atom. The topological polar surface area (TPSA) is 54.4 Å². The Balaban J connectivity index is 3.50. The Kier molecular flexibility index (Phi) is 2.87. The van der Waals surface area contributed by atoms with E-state index in [0.717, 1.165) is 5.57 Å². The van der Waals surface area contributed by atoms with E-state index in [0.29, 0.717) is 5.57 Å². The second kappa shape index (κ2) is 3.46. The summed E-state index contributed by atoms with van der Waals surface area (Å²) in [5.41, 5.74) is 1.14. The summed E-state index contributed by atoms with van der Waals surface area (Å²) >= 11 is 0. The SMILES string of the molecule is CC1=CC(C)C(C)(C)C(C)=C1S(=O)(=O)O. The van der Waals surface area contributed by atoms with Gasteiger partial charge < -0.3 is 0 Å². The van der Waals surface area contributed by atoms with Gasteiger partial charge in [0.2, 0.25) is 0 Å². The first-order valence-electron chi connectivity index (χ1n) is 4.96. The van der Waals surface area contributed by atoms with E-state index in [2.05, 4.69) is 0 Å². The number of hydrogen-bond acceptors (Lipinski definition) is 2. The molecule has 0 aromatic heterocycles. The molecule has 1 N–H and O–H groups in total. The predicted octanol–water partition coefficient (Wildman–Crippen LogP) is 2.77. The van der Waals surface area contributed by atoms with E-state index < -0.39 is 10.1 Å². The maximum Gasteiger partial charge on any atom is 0.294 e. The van der Waals surface area contributed by atoms with Crippen molar-refractivity contribution in [2.45, 2.75) is 34.6 Å². The van der Waals surface area contributed by atoms with Crippen LogP contribution in [0.4, 0.5) is 0 Å². The minimum Gasteiger partial charge on any atom is -0.282 e. The maximum absolute atomic E-state index is 11.3. The monoisotopic (exact) mass is 230 g/mol. The molecule has 0 radical (unpaired) electrons. The predicted molar refractivity (Wildman–Crippen MR) is 61.0 cm³/mol. The average Bonchev–Trinajstić information content (AvgIpc) is 1.98. The van der Waals surface area contributed by atoms with Crippen LogP contribution in [0.25, 0.3) is 0 Å². The summed E-state index contributed by atoms with van der Waals surface area (Å²) in [6.45, 7) is 9.52. The molecule has 3 nitrogen and oxygen atoms in total. The third-order valence-electron chi connectivity index (χ3n) is 3.56. The zero-order chi connectivity index (χ0) is 12.0. The first-order chi connectivity index (χ1) is 6.58. The van der Waals surface area contributed by atoms with Crippen molar-refractivity contribution in [2.75, 3.05) is 0 Å². The van der Waals surface area contributed by atoms with E-state index in [-0.39, 0.29) is 16.2 Å². The molecule has 1 aliphatic carbocycles. The van der Waals surface area contributed by atoms with Crippen LogP contribution < -0.4 is 0 Å². The average molecular weight is 230 g/mol. The molecule has 1 atom stereocenters. The lowest BCUT2D eigenvalue weighted by atomic mass is 9.70. The summed E-state index contributed by atoms with van der Waals surface area (Å²) < 4.78 is 31.7. The molecule has 0 fully saturated rings. The summed E-state index contributed by atoms with van der Waals surface area (Å²) in [4.78, 5) is 0.0885. The molecule has 86 valence electrons. The summed E-state index contributed by atoms with van der Waals surface area (Å²) in [5.74, 6) is 0.267. The minimum absolute atomic E-state index is 0.0885. The Morgan fingerprint density at radius 2 is 1.80 bits per heavy atom. The van der Waals surface area contributed by atoms with E-state index in [4.69, 9.17) is 0 Å². The quantitative estimate of drug-likeness (QED) is 0.705. The van der Waals surface area contributed by atoms with Gasteiger partial charge in [-0.1, -0.05) is 26.8 Å². The van der Waals surface area contributed by atoms with Crippen molar-refractivity contribution < 1.29 is 13.0 Å². The molecule has 0 heterocycles. The second-order valence-corrected chi connectivity index (χ2v) is 6.15. The Bertz CT molecular complexity index is 438. The van der Waals surface area contributed by atoms with Crippen molar-refractivity contribution in [3.8, 4) is 0 Å². The Morgan fingerprint density at radius 3 is 2.20 bits per heavy atom. The summed E-state index contributed by atoms with van der Waals surface area (Å²) in [5, 5.41) is 0. The first-order valence-corrected chi connectivity index (χ1v) is 6.40. The van der Waals surface area contributed by atoms with Crippen molar-refractivity contribution in [3.63, 3.8) is 0 Å². The van der Waals surface area contributed by atoms with Crippen molar-refractivity contribution in [2.24, 2.45) is 11.3 Å². The highest BCUT2D eigenvalue weighted by Gasteiger charge is 2.36. The highest BCUT2D eigenvalue weighted by Crippen LogP contribution is 2.44. The maximum atomic E-state index is 11.3. The minimum atomic E-state index is -4.11. The van der Waals surface area contributed by atoms with Crippen LogP contribution in [0.1, 0.15) is 34.6 Å². The molecule has 15 heavy (non-hydrogen) atoms. The van der Waals surface area contributed by atoms with Gasteiger partial charge in [-0.25, -0.2) is 0 Å². The van der Waals surface area contributed by atoms with E-state index >= 15 is 0 Å². The van der Waals surface area contributed by atoms with Gasteiger partial charge in [-0.2, -0.15) is 8.42 Å². The van der Waals surface area contributed by atoms with Crippen molar-refractivity contribution in [1.82, 2.24) is 0 Å². The van der Waals surface area contributed by atoms with Gasteiger partial charge in [0.25, 0.3) is 10.1 Å². The lowest BCUT2D eigenvalue weighted by Crippen LogP contribution is -2.28. The van der Waals surface area contributed by atoms with Gasteiger partial charge in [0.15, 0.2) is 0 Å². The van der Waals surface area contributed by atoms with Crippen LogP contribution in [0.5, 0.6) is 0 Å². The first kappa shape index (κ1) is 12.5. The normalized spacial score (nSPS) is 26.5. The largest absolute Gasteiger partial charge is 0.294 e. The van der Waals surface area contributed by atoms with Crippen LogP contribution in [0.15, 0.2) is 22.1 Å². The lowest BCUT2D eigenvalue weighted by molar-refractivity contribution is 0.333. The molecule has 0 aliphatic heterocycles. The molecule has 0 spiro atoms. The Hall–Kier alpha value is -0.610. The molecule has 1 unspecified atom stereocenters. The summed E-state index contributed by atoms with van der Waals surface area (Å²) in [6.07, 6.45) is 1.90. The van der Waals surface area contributed by atoms with Gasteiger partial charge in [-0.3, -0.25) is 4.55 Å².